The van der Waals surface area contributed by atoms with E-state index < -0.39 is 53.7 Å². The van der Waals surface area contributed by atoms with E-state index >= 15 is 0 Å². The van der Waals surface area contributed by atoms with E-state index in [-0.39, 0.29) is 32.2 Å². The van der Waals surface area contributed by atoms with Crippen LogP contribution in [-0.2, 0) is 22.6 Å². The zero-order valence-corrected chi connectivity index (χ0v) is 24.2. The minimum absolute atomic E-state index is 0.0520. The summed E-state index contributed by atoms with van der Waals surface area (Å²) in [5, 5.41) is 17.2. The average Bonchev–Trinajstić information content (AvgIpc) is 3.35. The van der Waals surface area contributed by atoms with E-state index in [1.54, 1.807) is 6.07 Å². The van der Waals surface area contributed by atoms with Gasteiger partial charge in [0.25, 0.3) is 12.3 Å². The van der Waals surface area contributed by atoms with E-state index in [0.29, 0.717) is 35.8 Å². The fourth-order valence-electron chi connectivity index (χ4n) is 4.74. The van der Waals surface area contributed by atoms with Crippen LogP contribution in [0.1, 0.15) is 85.2 Å². The van der Waals surface area contributed by atoms with Crippen molar-refractivity contribution in [3.05, 3.63) is 41.1 Å². The van der Waals surface area contributed by atoms with Gasteiger partial charge in [0, 0.05) is 24.8 Å². The minimum Gasteiger partial charge on any atom is -0.356 e. The van der Waals surface area contributed by atoms with Gasteiger partial charge in [-0.1, -0.05) is 6.42 Å². The van der Waals surface area contributed by atoms with Crippen molar-refractivity contribution in [2.45, 2.75) is 94.9 Å². The Morgan fingerprint density at radius 2 is 1.89 bits per heavy atom. The maximum absolute atomic E-state index is 12.8. The molecule has 19 heteroatoms. The van der Waals surface area contributed by atoms with Crippen molar-refractivity contribution in [2.24, 2.45) is 5.92 Å². The van der Waals surface area contributed by atoms with E-state index in [0.717, 1.165) is 12.8 Å². The topological polar surface area (TPSA) is 156 Å². The van der Waals surface area contributed by atoms with Gasteiger partial charge in [-0.05, 0) is 60.5 Å². The summed E-state index contributed by atoms with van der Waals surface area (Å²) in [6.07, 6.45) is 0.802. The number of alkyl halides is 7. The van der Waals surface area contributed by atoms with Crippen LogP contribution < -0.4 is 16.0 Å². The Labute approximate surface area is 256 Å². The molecule has 12 nitrogen and oxygen atoms in total. The van der Waals surface area contributed by atoms with Crippen molar-refractivity contribution in [2.75, 3.05) is 0 Å². The summed E-state index contributed by atoms with van der Waals surface area (Å²) in [4.78, 5) is 37.7. The van der Waals surface area contributed by atoms with Crippen molar-refractivity contribution >= 4 is 23.9 Å². The molecule has 252 valence electrons. The highest BCUT2D eigenvalue weighted by Gasteiger charge is 2.47. The fourth-order valence-corrected chi connectivity index (χ4v) is 4.74. The molecule has 46 heavy (non-hydrogen) atoms. The third-order valence-corrected chi connectivity index (χ3v) is 7.34. The quantitative estimate of drug-likeness (QED) is 0.241. The van der Waals surface area contributed by atoms with Gasteiger partial charge in [0.05, 0.1) is 24.6 Å². The summed E-state index contributed by atoms with van der Waals surface area (Å²) in [7, 11) is 0. The number of carbonyl (C=O) groups excluding carboxylic acids is 3. The van der Waals surface area contributed by atoms with Gasteiger partial charge in [-0.3, -0.25) is 14.4 Å². The molecule has 2 atom stereocenters. The molecule has 1 saturated heterocycles. The number of aromatic nitrogens is 5. The van der Waals surface area contributed by atoms with Gasteiger partial charge < -0.3 is 16.0 Å². The molecule has 3 aromatic heterocycles. The summed E-state index contributed by atoms with van der Waals surface area (Å²) in [6.45, 7) is -0.147. The molecular weight excluding hydrogens is 633 g/mol. The van der Waals surface area contributed by atoms with Gasteiger partial charge >= 0.3 is 6.18 Å². The molecule has 2 aliphatic carbocycles. The summed E-state index contributed by atoms with van der Waals surface area (Å²) in [6, 6.07) is 0.217. The predicted octanol–water partition coefficient (Wildman–Crippen LogP) is 4.07. The van der Waals surface area contributed by atoms with Crippen LogP contribution in [0.4, 0.5) is 30.7 Å². The molecule has 2 saturated carbocycles. The molecule has 3 amide bonds. The van der Waals surface area contributed by atoms with Gasteiger partial charge in [0.15, 0.2) is 11.3 Å². The van der Waals surface area contributed by atoms with E-state index in [4.69, 9.17) is 0 Å². The Bertz CT molecular complexity index is 1480. The number of amides is 3. The lowest BCUT2D eigenvalue weighted by molar-refractivity contribution is -0.154. The number of hydrogen-bond acceptors (Lipinski definition) is 8. The Hall–Kier alpha value is -4.32. The minimum atomic E-state index is -4.51. The zero-order chi connectivity index (χ0) is 33.5. The molecule has 3 aromatic rings. The lowest BCUT2D eigenvalue weighted by Crippen LogP contribution is -2.38. The van der Waals surface area contributed by atoms with Crippen LogP contribution >= 0.6 is 0 Å². The van der Waals surface area contributed by atoms with Crippen LogP contribution in [0, 0.1) is 5.92 Å². The maximum atomic E-state index is 12.8. The molecule has 0 bridgehead atoms. The highest BCUT2D eigenvalue weighted by atomic mass is 19.4. The summed E-state index contributed by atoms with van der Waals surface area (Å²) in [5.74, 6) is -4.78. The zero-order valence-electron chi connectivity index (χ0n) is 24.2. The molecule has 0 spiro atoms. The van der Waals surface area contributed by atoms with Gasteiger partial charge in [-0.2, -0.15) is 18.3 Å². The first-order valence-electron chi connectivity index (χ1n) is 14.4. The van der Waals surface area contributed by atoms with Gasteiger partial charge in [-0.15, -0.1) is 0 Å². The number of nitrogens with one attached hydrogen (secondary N) is 3. The Morgan fingerprint density at radius 1 is 1.17 bits per heavy atom. The van der Waals surface area contributed by atoms with Gasteiger partial charge in [-0.25, -0.2) is 31.7 Å². The maximum Gasteiger partial charge on any atom is 0.408 e. The standard InChI is InChI=1S/C17H14F5N7O3.C6H10F2.C4H7NO/c18-14(19)12-13(28-32-27-12)16(31)23-5-9-6-29-11(25-9)2-7(4-24-29)1-8-3-10(17(20,21)22)26-15(8)30;7-6(8)4-2-1-3-5-6;6-3-5-4-1-2-4/h2,4,6,8,10,14H,1,3,5H2,(H,23,31)(H,26,30);1-5H2;3-4H,1-2H2,(H,5,6). The third kappa shape index (κ3) is 9.84. The van der Waals surface area contributed by atoms with Crippen molar-refractivity contribution in [3.8, 4) is 0 Å². The predicted molar refractivity (Wildman–Crippen MR) is 143 cm³/mol. The first kappa shape index (κ1) is 34.6. The second-order valence-corrected chi connectivity index (χ2v) is 11.1. The van der Waals surface area contributed by atoms with Crippen LogP contribution in [0.25, 0.3) is 5.65 Å². The van der Waals surface area contributed by atoms with E-state index in [9.17, 15) is 45.1 Å². The largest absolute Gasteiger partial charge is 0.408 e. The lowest BCUT2D eigenvalue weighted by atomic mass is 9.97. The number of halogens is 7. The Morgan fingerprint density at radius 3 is 2.43 bits per heavy atom. The smallest absolute Gasteiger partial charge is 0.356 e. The van der Waals surface area contributed by atoms with Gasteiger partial charge in [0.2, 0.25) is 23.9 Å². The second kappa shape index (κ2) is 14.8. The molecule has 2 unspecified atom stereocenters. The van der Waals surface area contributed by atoms with Crippen LogP contribution in [0.5, 0.6) is 0 Å². The first-order chi connectivity index (χ1) is 21.8. The summed E-state index contributed by atoms with van der Waals surface area (Å²) < 4.78 is 93.9. The SMILES string of the molecule is FC1(F)CCCCC1.O=C(NCc1cn2ncc(CC3CC(C(F)(F)F)NC3=O)cc2n1)c1nonc1C(F)F.O=CNC1CC1. The fraction of sp³-hybridized carbons (Fsp3) is 0.593. The Kier molecular flexibility index (Phi) is 11.2. The van der Waals surface area contributed by atoms with Crippen LogP contribution in [0.2, 0.25) is 0 Å². The molecular formula is C27H31F7N8O4. The molecule has 0 aromatic carbocycles. The lowest BCUT2D eigenvalue weighted by Gasteiger charge is -2.20. The third-order valence-electron chi connectivity index (χ3n) is 7.34. The number of nitrogens with zero attached hydrogens (tertiary/aromatic N) is 5. The molecule has 0 radical (unpaired) electrons. The summed E-state index contributed by atoms with van der Waals surface area (Å²) >= 11 is 0. The van der Waals surface area contributed by atoms with Crippen molar-refractivity contribution < 1.29 is 49.7 Å². The highest BCUT2D eigenvalue weighted by Crippen LogP contribution is 2.33. The van der Waals surface area contributed by atoms with Crippen LogP contribution in [-0.4, -0.2) is 67.3 Å². The van der Waals surface area contributed by atoms with Crippen molar-refractivity contribution in [1.82, 2.24) is 40.9 Å². The highest BCUT2D eigenvalue weighted by molar-refractivity contribution is 5.93. The average molecular weight is 665 g/mol. The van der Waals surface area contributed by atoms with Crippen molar-refractivity contribution in [1.29, 1.82) is 0 Å². The first-order valence-corrected chi connectivity index (χ1v) is 14.4. The number of imidazole rings is 1. The molecule has 6 rings (SSSR count). The molecule has 3 fully saturated rings. The van der Waals surface area contributed by atoms with Gasteiger partial charge in [0.1, 0.15) is 6.04 Å². The number of carbonyl (C=O) groups is 3. The Balaban J connectivity index is 0.000000280. The molecule has 3 N–H and O–H groups in total. The molecule has 1 aliphatic heterocycles. The second-order valence-electron chi connectivity index (χ2n) is 11.1. The molecule has 3 aliphatic rings. The van der Waals surface area contributed by atoms with E-state index in [1.807, 2.05) is 5.32 Å². The number of hydrogen-bond donors (Lipinski definition) is 3. The molecule has 4 heterocycles. The van der Waals surface area contributed by atoms with Crippen molar-refractivity contribution in [3.63, 3.8) is 0 Å². The van der Waals surface area contributed by atoms with Crippen LogP contribution in [0.3, 0.4) is 0 Å². The van der Waals surface area contributed by atoms with E-state index in [1.165, 1.54) is 29.8 Å². The normalized spacial score (nSPS) is 20.7. The van der Waals surface area contributed by atoms with E-state index in [2.05, 4.69) is 35.7 Å². The number of rotatable bonds is 8. The monoisotopic (exact) mass is 664 g/mol. The summed E-state index contributed by atoms with van der Waals surface area (Å²) in [5.41, 5.74) is -0.358. The van der Waals surface area contributed by atoms with Crippen LogP contribution in [0.15, 0.2) is 23.1 Å². The number of fused-ring (bicyclic) bond motifs is 1.